The van der Waals surface area contributed by atoms with Gasteiger partial charge in [-0.15, -0.1) is 0 Å². The summed E-state index contributed by atoms with van der Waals surface area (Å²) in [6.07, 6.45) is 4.25. The van der Waals surface area contributed by atoms with Crippen molar-refractivity contribution in [3.63, 3.8) is 0 Å². The minimum absolute atomic E-state index is 0.398. The number of aromatic nitrogens is 1. The summed E-state index contributed by atoms with van der Waals surface area (Å²) in [7, 11) is 0. The lowest BCUT2D eigenvalue weighted by Crippen LogP contribution is -2.26. The number of nitrogens with two attached hydrogens (primary N) is 1. The first-order valence-electron chi connectivity index (χ1n) is 7.52. The minimum Gasteiger partial charge on any atom is -0.389 e. The molecule has 3 N–H and O–H groups in total. The Bertz CT molecular complexity index is 683. The summed E-state index contributed by atoms with van der Waals surface area (Å²) in [5.41, 5.74) is 8.75. The molecule has 1 fully saturated rings. The zero-order valence-electron chi connectivity index (χ0n) is 12.5. The van der Waals surface area contributed by atoms with Crippen LogP contribution in [-0.4, -0.2) is 16.0 Å². The highest BCUT2D eigenvalue weighted by molar-refractivity contribution is 7.80. The van der Waals surface area contributed by atoms with Gasteiger partial charge in [0.05, 0.1) is 16.8 Å². The van der Waals surface area contributed by atoms with Gasteiger partial charge in [0.25, 0.3) is 0 Å². The van der Waals surface area contributed by atoms with Gasteiger partial charge in [-0.3, -0.25) is 4.98 Å². The van der Waals surface area contributed by atoms with Crippen LogP contribution in [0.5, 0.6) is 0 Å². The molecule has 1 heterocycles. The Morgan fingerprint density at radius 2 is 2.05 bits per heavy atom. The van der Waals surface area contributed by atoms with E-state index in [0.717, 1.165) is 28.1 Å². The molecule has 1 saturated carbocycles. The van der Waals surface area contributed by atoms with Crippen LogP contribution >= 0.6 is 12.2 Å². The van der Waals surface area contributed by atoms with Crippen molar-refractivity contribution in [1.82, 2.24) is 4.98 Å². The Morgan fingerprint density at radius 3 is 2.71 bits per heavy atom. The molecule has 0 radical (unpaired) electrons. The van der Waals surface area contributed by atoms with Crippen molar-refractivity contribution >= 4 is 33.8 Å². The number of hydrogen-bond donors (Lipinski definition) is 2. The topological polar surface area (TPSA) is 50.9 Å². The van der Waals surface area contributed by atoms with E-state index in [1.807, 2.05) is 18.2 Å². The molecule has 1 aromatic heterocycles. The van der Waals surface area contributed by atoms with Gasteiger partial charge in [0.2, 0.25) is 0 Å². The largest absolute Gasteiger partial charge is 0.389 e. The standard InChI is InChI=1S/C17H21N3S/c1-10-7-8-14(11(10)2)20-16-12-5-3-4-6-15(12)19-9-13(16)17(18)21/h3-6,9-11,14H,7-8H2,1-2H3,(H2,18,21)(H,19,20). The van der Waals surface area contributed by atoms with Crippen molar-refractivity contribution in [3.05, 3.63) is 36.0 Å². The lowest BCUT2D eigenvalue weighted by molar-refractivity contribution is 0.435. The van der Waals surface area contributed by atoms with Crippen LogP contribution in [0.1, 0.15) is 32.3 Å². The van der Waals surface area contributed by atoms with Crippen LogP contribution in [0, 0.1) is 11.8 Å². The Kier molecular flexibility index (Phi) is 3.81. The summed E-state index contributed by atoms with van der Waals surface area (Å²) in [4.78, 5) is 4.86. The van der Waals surface area contributed by atoms with Crippen LogP contribution in [0.15, 0.2) is 30.5 Å². The quantitative estimate of drug-likeness (QED) is 0.848. The van der Waals surface area contributed by atoms with E-state index in [9.17, 15) is 0 Å². The molecule has 110 valence electrons. The molecule has 3 nitrogen and oxygen atoms in total. The van der Waals surface area contributed by atoms with Crippen LogP contribution in [-0.2, 0) is 0 Å². The molecule has 0 amide bonds. The summed E-state index contributed by atoms with van der Waals surface area (Å²) in [6, 6.07) is 8.60. The van der Waals surface area contributed by atoms with Crippen LogP contribution in [0.3, 0.4) is 0 Å². The van der Waals surface area contributed by atoms with E-state index in [1.54, 1.807) is 6.20 Å². The molecule has 0 saturated heterocycles. The SMILES string of the molecule is CC1CCC(Nc2c(C(N)=S)cnc3ccccc23)C1C. The van der Waals surface area contributed by atoms with Gasteiger partial charge in [-0.1, -0.05) is 44.3 Å². The Hall–Kier alpha value is -1.68. The van der Waals surface area contributed by atoms with E-state index in [4.69, 9.17) is 18.0 Å². The van der Waals surface area contributed by atoms with E-state index in [1.165, 1.54) is 12.8 Å². The molecule has 0 bridgehead atoms. The zero-order valence-corrected chi connectivity index (χ0v) is 13.3. The van der Waals surface area contributed by atoms with E-state index in [-0.39, 0.29) is 0 Å². The van der Waals surface area contributed by atoms with Crippen molar-refractivity contribution in [2.45, 2.75) is 32.7 Å². The fraction of sp³-hybridized carbons (Fsp3) is 0.412. The summed E-state index contributed by atoms with van der Waals surface area (Å²) in [5, 5.41) is 4.80. The van der Waals surface area contributed by atoms with Crippen molar-refractivity contribution < 1.29 is 0 Å². The lowest BCUT2D eigenvalue weighted by atomic mass is 9.97. The second kappa shape index (κ2) is 5.60. The lowest BCUT2D eigenvalue weighted by Gasteiger charge is -2.23. The molecule has 2 aromatic rings. The summed E-state index contributed by atoms with van der Waals surface area (Å²) in [6.45, 7) is 4.64. The zero-order chi connectivity index (χ0) is 15.0. The highest BCUT2D eigenvalue weighted by atomic mass is 32.1. The molecule has 1 aliphatic carbocycles. The first kappa shape index (κ1) is 14.3. The van der Waals surface area contributed by atoms with Crippen LogP contribution in [0.4, 0.5) is 5.69 Å². The molecule has 21 heavy (non-hydrogen) atoms. The van der Waals surface area contributed by atoms with E-state index < -0.39 is 0 Å². The van der Waals surface area contributed by atoms with Gasteiger partial charge in [0.1, 0.15) is 4.99 Å². The van der Waals surface area contributed by atoms with E-state index >= 15 is 0 Å². The van der Waals surface area contributed by atoms with Gasteiger partial charge < -0.3 is 11.1 Å². The molecule has 4 heteroatoms. The summed E-state index contributed by atoms with van der Waals surface area (Å²) < 4.78 is 0. The van der Waals surface area contributed by atoms with E-state index in [2.05, 4.69) is 30.2 Å². The average molecular weight is 299 g/mol. The van der Waals surface area contributed by atoms with Crippen molar-refractivity contribution in [1.29, 1.82) is 0 Å². The molecular formula is C17H21N3S. The number of fused-ring (bicyclic) bond motifs is 1. The normalized spacial score (nSPS) is 25.1. The average Bonchev–Trinajstić information content (AvgIpc) is 2.79. The molecule has 0 spiro atoms. The third kappa shape index (κ3) is 2.60. The Balaban J connectivity index is 2.06. The number of hydrogen-bond acceptors (Lipinski definition) is 3. The predicted molar refractivity (Wildman–Crippen MR) is 92.6 cm³/mol. The number of nitrogens with zero attached hydrogens (tertiary/aromatic N) is 1. The van der Waals surface area contributed by atoms with Crippen molar-refractivity contribution in [2.75, 3.05) is 5.32 Å². The van der Waals surface area contributed by atoms with Crippen molar-refractivity contribution in [2.24, 2.45) is 17.6 Å². The van der Waals surface area contributed by atoms with Gasteiger partial charge in [-0.05, 0) is 30.7 Å². The number of nitrogens with one attached hydrogen (secondary N) is 1. The molecule has 0 aliphatic heterocycles. The summed E-state index contributed by atoms with van der Waals surface area (Å²) in [5.74, 6) is 1.40. The van der Waals surface area contributed by atoms with Gasteiger partial charge in [-0.25, -0.2) is 0 Å². The number of benzene rings is 1. The second-order valence-corrected chi connectivity index (χ2v) is 6.53. The Morgan fingerprint density at radius 1 is 1.29 bits per heavy atom. The number of thiocarbonyl (C=S) groups is 1. The van der Waals surface area contributed by atoms with Crippen molar-refractivity contribution in [3.8, 4) is 0 Å². The third-order valence-corrected chi connectivity index (χ3v) is 5.06. The molecule has 3 unspecified atom stereocenters. The van der Waals surface area contributed by atoms with Gasteiger partial charge in [0, 0.05) is 17.6 Å². The summed E-state index contributed by atoms with van der Waals surface area (Å²) >= 11 is 5.20. The molecular weight excluding hydrogens is 278 g/mol. The maximum atomic E-state index is 5.89. The van der Waals surface area contributed by atoms with Crippen LogP contribution in [0.2, 0.25) is 0 Å². The monoisotopic (exact) mass is 299 g/mol. The first-order valence-corrected chi connectivity index (χ1v) is 7.93. The van der Waals surface area contributed by atoms with E-state index in [0.29, 0.717) is 16.9 Å². The Labute approximate surface area is 130 Å². The number of para-hydroxylation sites is 1. The maximum Gasteiger partial charge on any atom is 0.107 e. The highest BCUT2D eigenvalue weighted by Gasteiger charge is 2.30. The maximum absolute atomic E-state index is 5.89. The number of rotatable bonds is 3. The fourth-order valence-electron chi connectivity index (χ4n) is 3.24. The molecule has 3 rings (SSSR count). The predicted octanol–water partition coefficient (Wildman–Crippen LogP) is 3.72. The fourth-order valence-corrected chi connectivity index (χ4v) is 3.39. The minimum atomic E-state index is 0.398. The third-order valence-electron chi connectivity index (χ3n) is 4.84. The number of pyridine rings is 1. The second-order valence-electron chi connectivity index (χ2n) is 6.09. The molecule has 3 atom stereocenters. The molecule has 1 aliphatic rings. The number of anilines is 1. The highest BCUT2D eigenvalue weighted by Crippen LogP contribution is 2.35. The van der Waals surface area contributed by atoms with Gasteiger partial charge >= 0.3 is 0 Å². The molecule has 1 aromatic carbocycles. The first-order chi connectivity index (χ1) is 10.1. The van der Waals surface area contributed by atoms with Crippen LogP contribution in [0.25, 0.3) is 10.9 Å². The van der Waals surface area contributed by atoms with Crippen LogP contribution < -0.4 is 11.1 Å². The van der Waals surface area contributed by atoms with Gasteiger partial charge in [-0.2, -0.15) is 0 Å². The smallest absolute Gasteiger partial charge is 0.107 e. The van der Waals surface area contributed by atoms with Gasteiger partial charge in [0.15, 0.2) is 0 Å².